The van der Waals surface area contributed by atoms with Crippen molar-refractivity contribution in [3.05, 3.63) is 44.3 Å². The number of aromatic hydroxyl groups is 1. The van der Waals surface area contributed by atoms with Crippen LogP contribution >= 0.6 is 34.8 Å². The van der Waals surface area contributed by atoms with E-state index in [1.807, 2.05) is 0 Å². The second-order valence-electron chi connectivity index (χ2n) is 4.25. The molecule has 6 nitrogen and oxygen atoms in total. The number of hydrazone groups is 1. The fourth-order valence-electron chi connectivity index (χ4n) is 1.60. The molecule has 0 fully saturated rings. The van der Waals surface area contributed by atoms with Crippen molar-refractivity contribution in [2.45, 2.75) is 13.5 Å². The Balaban J connectivity index is 2.27. The molecule has 0 bridgehead atoms. The van der Waals surface area contributed by atoms with Gasteiger partial charge in [0, 0.05) is 17.3 Å². The fourth-order valence-corrected chi connectivity index (χ4v) is 2.14. The van der Waals surface area contributed by atoms with E-state index in [-0.39, 0.29) is 33.4 Å². The maximum Gasteiger partial charge on any atom is 0.166 e. The Bertz CT molecular complexity index is 738. The summed E-state index contributed by atoms with van der Waals surface area (Å²) in [6.07, 6.45) is 2.79. The zero-order valence-corrected chi connectivity index (χ0v) is 13.6. The van der Waals surface area contributed by atoms with Gasteiger partial charge in [0.2, 0.25) is 0 Å². The lowest BCUT2D eigenvalue weighted by molar-refractivity contribution is 0.280. The van der Waals surface area contributed by atoms with Crippen LogP contribution in [0.25, 0.3) is 0 Å². The molecule has 0 atom stereocenters. The van der Waals surface area contributed by atoms with E-state index < -0.39 is 0 Å². The highest BCUT2D eigenvalue weighted by Crippen LogP contribution is 2.29. The van der Waals surface area contributed by atoms with Crippen LogP contribution in [0.4, 0.5) is 5.82 Å². The Labute approximate surface area is 141 Å². The molecule has 0 unspecified atom stereocenters. The lowest BCUT2D eigenvalue weighted by atomic mass is 10.1. The Kier molecular flexibility index (Phi) is 5.42. The molecule has 2 aromatic heterocycles. The maximum absolute atomic E-state index is 9.97. The number of aliphatic hydroxyl groups excluding tert-OH is 1. The third-order valence-electron chi connectivity index (χ3n) is 2.78. The Morgan fingerprint density at radius 3 is 2.73 bits per heavy atom. The standard InChI is InChI=1S/C13H11Cl3N4O2/c1-6-11(22)8(7(5-21)3-17-6)4-18-20-13-10(15)2-9(14)12(16)19-13/h2-4,21-22H,5H2,1H3,(H,19,20). The summed E-state index contributed by atoms with van der Waals surface area (Å²) in [4.78, 5) is 7.89. The quantitative estimate of drug-likeness (QED) is 0.441. The third-order valence-corrected chi connectivity index (χ3v) is 3.74. The van der Waals surface area contributed by atoms with Gasteiger partial charge in [-0.05, 0) is 13.0 Å². The van der Waals surface area contributed by atoms with Crippen LogP contribution < -0.4 is 5.43 Å². The zero-order chi connectivity index (χ0) is 16.3. The number of halogens is 3. The number of pyridine rings is 2. The Morgan fingerprint density at radius 2 is 2.05 bits per heavy atom. The van der Waals surface area contributed by atoms with Crippen molar-refractivity contribution in [3.63, 3.8) is 0 Å². The highest BCUT2D eigenvalue weighted by Gasteiger charge is 2.10. The monoisotopic (exact) mass is 360 g/mol. The van der Waals surface area contributed by atoms with E-state index in [1.165, 1.54) is 18.5 Å². The van der Waals surface area contributed by atoms with Gasteiger partial charge in [-0.1, -0.05) is 34.8 Å². The molecule has 0 amide bonds. The maximum atomic E-state index is 9.97. The van der Waals surface area contributed by atoms with Gasteiger partial charge in [-0.2, -0.15) is 5.10 Å². The lowest BCUT2D eigenvalue weighted by Gasteiger charge is -2.07. The smallest absolute Gasteiger partial charge is 0.166 e. The highest BCUT2D eigenvalue weighted by molar-refractivity contribution is 6.42. The number of anilines is 1. The van der Waals surface area contributed by atoms with Gasteiger partial charge in [0.1, 0.15) is 10.9 Å². The van der Waals surface area contributed by atoms with Gasteiger partial charge in [-0.15, -0.1) is 0 Å². The van der Waals surface area contributed by atoms with E-state index in [0.717, 1.165) is 0 Å². The van der Waals surface area contributed by atoms with Crippen molar-refractivity contribution in [1.82, 2.24) is 9.97 Å². The number of hydrogen-bond donors (Lipinski definition) is 3. The molecule has 0 saturated carbocycles. The van der Waals surface area contributed by atoms with Gasteiger partial charge in [0.25, 0.3) is 0 Å². The van der Waals surface area contributed by atoms with E-state index >= 15 is 0 Å². The Morgan fingerprint density at radius 1 is 1.32 bits per heavy atom. The summed E-state index contributed by atoms with van der Waals surface area (Å²) in [5, 5.41) is 23.7. The lowest BCUT2D eigenvalue weighted by Crippen LogP contribution is -2.00. The second kappa shape index (κ2) is 7.11. The van der Waals surface area contributed by atoms with Gasteiger partial charge in [-0.25, -0.2) is 4.98 Å². The molecule has 3 N–H and O–H groups in total. The first kappa shape index (κ1) is 16.8. The number of nitrogens with one attached hydrogen (secondary N) is 1. The normalized spacial score (nSPS) is 11.1. The largest absolute Gasteiger partial charge is 0.505 e. The summed E-state index contributed by atoms with van der Waals surface area (Å²) < 4.78 is 0. The number of aromatic nitrogens is 2. The minimum absolute atomic E-state index is 0.0645. The molecule has 0 aromatic carbocycles. The molecular weight excluding hydrogens is 351 g/mol. The molecule has 0 radical (unpaired) electrons. The van der Waals surface area contributed by atoms with E-state index in [4.69, 9.17) is 34.8 Å². The molecule has 0 aliphatic carbocycles. The number of aryl methyl sites for hydroxylation is 1. The Hall–Kier alpha value is -1.60. The molecule has 0 aliphatic heterocycles. The number of hydrogen-bond acceptors (Lipinski definition) is 6. The van der Waals surface area contributed by atoms with Crippen LogP contribution in [-0.4, -0.2) is 26.4 Å². The first-order chi connectivity index (χ1) is 10.4. The summed E-state index contributed by atoms with van der Waals surface area (Å²) in [5.74, 6) is 0.147. The molecule has 0 spiro atoms. The van der Waals surface area contributed by atoms with Gasteiger partial charge in [0.05, 0.1) is 28.6 Å². The molecule has 9 heteroatoms. The molecule has 2 aromatic rings. The zero-order valence-electron chi connectivity index (χ0n) is 11.3. The average molecular weight is 362 g/mol. The third kappa shape index (κ3) is 3.59. The molecule has 116 valence electrons. The first-order valence-electron chi connectivity index (χ1n) is 6.03. The van der Waals surface area contributed by atoms with Gasteiger partial charge in [0.15, 0.2) is 5.82 Å². The van der Waals surface area contributed by atoms with Crippen LogP contribution in [0, 0.1) is 6.92 Å². The van der Waals surface area contributed by atoms with Crippen molar-refractivity contribution in [1.29, 1.82) is 0 Å². The topological polar surface area (TPSA) is 90.6 Å². The molecular formula is C13H11Cl3N4O2. The molecule has 2 rings (SSSR count). The summed E-state index contributed by atoms with van der Waals surface area (Å²) in [6, 6.07) is 1.43. The van der Waals surface area contributed by atoms with Crippen molar-refractivity contribution in [2.24, 2.45) is 5.10 Å². The molecule has 0 saturated heterocycles. The van der Waals surface area contributed by atoms with E-state index in [0.29, 0.717) is 16.8 Å². The second-order valence-corrected chi connectivity index (χ2v) is 5.42. The van der Waals surface area contributed by atoms with Crippen LogP contribution in [0.5, 0.6) is 5.75 Å². The molecule has 2 heterocycles. The van der Waals surface area contributed by atoms with Crippen molar-refractivity contribution in [3.8, 4) is 5.75 Å². The van der Waals surface area contributed by atoms with Crippen LogP contribution in [0.3, 0.4) is 0 Å². The minimum Gasteiger partial charge on any atom is -0.505 e. The highest BCUT2D eigenvalue weighted by atomic mass is 35.5. The number of rotatable bonds is 4. The van der Waals surface area contributed by atoms with E-state index in [2.05, 4.69) is 20.5 Å². The average Bonchev–Trinajstić information content (AvgIpc) is 2.48. The summed E-state index contributed by atoms with van der Waals surface area (Å²) in [5.41, 5.74) is 3.80. The summed E-state index contributed by atoms with van der Waals surface area (Å²) >= 11 is 17.5. The SMILES string of the molecule is Cc1ncc(CO)c(C=NNc2nc(Cl)c(Cl)cc2Cl)c1O. The van der Waals surface area contributed by atoms with E-state index in [1.54, 1.807) is 6.92 Å². The minimum atomic E-state index is -0.284. The van der Waals surface area contributed by atoms with Crippen molar-refractivity contribution in [2.75, 3.05) is 5.43 Å². The summed E-state index contributed by atoms with van der Waals surface area (Å²) in [6.45, 7) is 1.35. The van der Waals surface area contributed by atoms with Crippen LogP contribution in [0.15, 0.2) is 17.4 Å². The van der Waals surface area contributed by atoms with E-state index in [9.17, 15) is 10.2 Å². The van der Waals surface area contributed by atoms with Gasteiger partial charge in [-0.3, -0.25) is 10.4 Å². The van der Waals surface area contributed by atoms with Crippen LogP contribution in [0.1, 0.15) is 16.8 Å². The van der Waals surface area contributed by atoms with Crippen LogP contribution in [-0.2, 0) is 6.61 Å². The number of aliphatic hydroxyl groups is 1. The first-order valence-corrected chi connectivity index (χ1v) is 7.16. The summed E-state index contributed by atoms with van der Waals surface area (Å²) in [7, 11) is 0. The molecule has 22 heavy (non-hydrogen) atoms. The fraction of sp³-hybridized carbons (Fsp3) is 0.154. The van der Waals surface area contributed by atoms with Crippen LogP contribution in [0.2, 0.25) is 15.2 Å². The van der Waals surface area contributed by atoms with Crippen molar-refractivity contribution >= 4 is 46.8 Å². The van der Waals surface area contributed by atoms with Gasteiger partial charge >= 0.3 is 0 Å². The predicted molar refractivity (Wildman–Crippen MR) is 87.0 cm³/mol. The predicted octanol–water partition coefficient (Wildman–Crippen LogP) is 3.39. The van der Waals surface area contributed by atoms with Crippen molar-refractivity contribution < 1.29 is 10.2 Å². The molecule has 0 aliphatic rings. The number of nitrogens with zero attached hydrogens (tertiary/aromatic N) is 3. The van der Waals surface area contributed by atoms with Gasteiger partial charge < -0.3 is 10.2 Å².